The monoisotopic (exact) mass is 522 g/mol. The molecule has 4 aromatic carbocycles. The van der Waals surface area contributed by atoms with E-state index < -0.39 is 30.0 Å². The number of nitrogens with zero attached hydrogens (tertiary/aromatic N) is 2. The van der Waals surface area contributed by atoms with Crippen molar-refractivity contribution >= 4 is 53.2 Å². The van der Waals surface area contributed by atoms with Gasteiger partial charge in [0, 0.05) is 28.0 Å². The zero-order chi connectivity index (χ0) is 22.4. The zero-order valence-electron chi connectivity index (χ0n) is 16.3. The van der Waals surface area contributed by atoms with Crippen LogP contribution in [0.15, 0.2) is 87.7 Å². The second-order valence-corrected chi connectivity index (χ2v) is 9.43. The molecule has 0 unspecified atom stereocenters. The van der Waals surface area contributed by atoms with E-state index in [-0.39, 0.29) is 46.5 Å². The predicted octanol–water partition coefficient (Wildman–Crippen LogP) is 4.41. The summed E-state index contributed by atoms with van der Waals surface area (Å²) in [6, 6.07) is 17.4. The molecule has 0 saturated carbocycles. The van der Waals surface area contributed by atoms with Crippen LogP contribution in [0.2, 0.25) is 0 Å². The van der Waals surface area contributed by atoms with Crippen LogP contribution in [0.5, 0.6) is 0 Å². The van der Waals surface area contributed by atoms with Crippen LogP contribution in [0, 0.1) is 5.21 Å². The largest absolute Gasteiger partial charge is 2.00 e. The molecule has 0 aromatic heterocycles. The molecule has 2 N–H and O–H groups in total. The van der Waals surface area contributed by atoms with Crippen LogP contribution in [0.3, 0.4) is 0 Å². The van der Waals surface area contributed by atoms with E-state index in [0.717, 1.165) is 12.1 Å². The second-order valence-electron chi connectivity index (χ2n) is 6.65. The summed E-state index contributed by atoms with van der Waals surface area (Å²) in [4.78, 5) is -0.775. The Labute approximate surface area is 195 Å². The molecule has 0 aliphatic rings. The summed E-state index contributed by atoms with van der Waals surface area (Å²) in [6.45, 7) is 0. The maximum absolute atomic E-state index is 12.7. The number of hydrogen-bond acceptors (Lipinski definition) is 6. The van der Waals surface area contributed by atoms with Crippen LogP contribution in [0.4, 0.5) is 11.4 Å². The van der Waals surface area contributed by atoms with E-state index in [9.17, 15) is 31.1 Å². The average molecular weight is 524 g/mol. The zero-order valence-corrected chi connectivity index (χ0v) is 20.9. The molecule has 158 valence electrons. The van der Waals surface area contributed by atoms with Gasteiger partial charge in [0.25, 0.3) is 20.2 Å². The Hall–Kier alpha value is -2.76. The average Bonchev–Trinajstić information content (AvgIpc) is 2.71. The molecule has 9 nitrogen and oxygen atoms in total. The van der Waals surface area contributed by atoms with E-state index in [2.05, 4.69) is 5.11 Å². The fraction of sp³-hybridized carbons (Fsp3) is 0. The van der Waals surface area contributed by atoms with E-state index >= 15 is 0 Å². The Morgan fingerprint density at radius 3 is 1.72 bits per heavy atom. The first kappa shape index (κ1) is 23.9. The quantitative estimate of drug-likeness (QED) is 0.132. The number of hydrogen-bond donors (Lipinski definition) is 2. The minimum atomic E-state index is -4.63. The Balaban J connectivity index is 0.00000289. The van der Waals surface area contributed by atoms with Crippen LogP contribution >= 0.6 is 0 Å². The minimum absolute atomic E-state index is 0. The minimum Gasteiger partial charge on any atom is -0.594 e. The van der Waals surface area contributed by atoms with E-state index in [1.807, 2.05) is 0 Å². The summed E-state index contributed by atoms with van der Waals surface area (Å²) in [5, 5.41) is 17.8. The van der Waals surface area contributed by atoms with Crippen molar-refractivity contribution < 1.29 is 50.3 Å². The molecule has 0 radical (unpaired) electrons. The third-order valence-electron chi connectivity index (χ3n) is 4.60. The Morgan fingerprint density at radius 2 is 1.19 bits per heavy atom. The van der Waals surface area contributed by atoms with E-state index in [1.54, 1.807) is 36.4 Å². The molecular weight excluding hydrogens is 510 g/mol. The van der Waals surface area contributed by atoms with Gasteiger partial charge in [0.1, 0.15) is 15.5 Å². The number of azo groups is 1. The molecule has 0 saturated heterocycles. The summed E-state index contributed by atoms with van der Waals surface area (Å²) < 4.78 is 66.3. The van der Waals surface area contributed by atoms with E-state index in [0.29, 0.717) is 10.8 Å². The standard InChI is InChI=1S/C20H14N2O7S2.Zn/c23-22(16-10-14-6-2-4-8-18(14)20(12-16)31(27,28)29)21-15-9-13-5-1-3-7-17(13)19(11-15)30(24,25)26;/h1-12H,(H,24,25,26)(H,27,28,29);/q;+2. The third kappa shape index (κ3) is 4.69. The first-order valence-corrected chi connectivity index (χ1v) is 11.6. The Morgan fingerprint density at radius 1 is 0.719 bits per heavy atom. The molecule has 0 bridgehead atoms. The molecular formula is C20H14N2O7S2Zn+2. The normalized spacial score (nSPS) is 12.6. The second kappa shape index (κ2) is 8.64. The molecule has 0 aliphatic heterocycles. The fourth-order valence-electron chi connectivity index (χ4n) is 3.28. The van der Waals surface area contributed by atoms with Crippen LogP contribution in [0.1, 0.15) is 0 Å². The van der Waals surface area contributed by atoms with Crippen LogP contribution in [-0.2, 0) is 39.7 Å². The van der Waals surface area contributed by atoms with Crippen molar-refractivity contribution in [1.29, 1.82) is 0 Å². The Bertz CT molecular complexity index is 1600. The molecule has 0 atom stereocenters. The smallest absolute Gasteiger partial charge is 0.594 e. The molecule has 4 aromatic rings. The van der Waals surface area contributed by atoms with Gasteiger partial charge < -0.3 is 5.21 Å². The van der Waals surface area contributed by atoms with Crippen molar-refractivity contribution in [1.82, 2.24) is 0 Å². The molecule has 4 rings (SSSR count). The third-order valence-corrected chi connectivity index (χ3v) is 6.39. The first-order valence-electron chi connectivity index (χ1n) is 8.73. The maximum Gasteiger partial charge on any atom is 2.00 e. The van der Waals surface area contributed by atoms with Crippen molar-refractivity contribution in [2.75, 3.05) is 0 Å². The van der Waals surface area contributed by atoms with Crippen LogP contribution in [-0.4, -0.2) is 30.8 Å². The van der Waals surface area contributed by atoms with Gasteiger partial charge in [0.15, 0.2) is 0 Å². The van der Waals surface area contributed by atoms with Crippen molar-refractivity contribution in [3.63, 3.8) is 0 Å². The molecule has 0 fully saturated rings. The molecule has 0 spiro atoms. The number of rotatable bonds is 4. The topological polar surface area (TPSA) is 147 Å². The van der Waals surface area contributed by atoms with Crippen molar-refractivity contribution in [2.24, 2.45) is 5.11 Å². The fourth-order valence-corrected chi connectivity index (χ4v) is 4.75. The molecule has 0 amide bonds. The predicted molar refractivity (Wildman–Crippen MR) is 113 cm³/mol. The summed E-state index contributed by atoms with van der Waals surface area (Å²) in [6.07, 6.45) is 0. The molecule has 32 heavy (non-hydrogen) atoms. The number of fused-ring (bicyclic) bond motifs is 2. The molecule has 12 heteroatoms. The van der Waals surface area contributed by atoms with Gasteiger partial charge in [0.05, 0.1) is 0 Å². The summed E-state index contributed by atoms with van der Waals surface area (Å²) >= 11 is 0. The molecule has 0 aliphatic carbocycles. The van der Waals surface area contributed by atoms with Crippen LogP contribution in [0.25, 0.3) is 21.5 Å². The van der Waals surface area contributed by atoms with Gasteiger partial charge in [0.2, 0.25) is 5.69 Å². The first-order chi connectivity index (χ1) is 14.5. The van der Waals surface area contributed by atoms with Crippen molar-refractivity contribution in [3.8, 4) is 0 Å². The summed E-state index contributed by atoms with van der Waals surface area (Å²) in [5.74, 6) is 0. The van der Waals surface area contributed by atoms with E-state index in [1.165, 1.54) is 24.3 Å². The van der Waals surface area contributed by atoms with Gasteiger partial charge in [-0.25, -0.2) is 0 Å². The van der Waals surface area contributed by atoms with Gasteiger partial charge in [-0.15, -0.1) is 0 Å². The maximum atomic E-state index is 12.7. The van der Waals surface area contributed by atoms with Gasteiger partial charge in [-0.05, 0) is 22.9 Å². The van der Waals surface area contributed by atoms with E-state index in [4.69, 9.17) is 0 Å². The molecule has 0 heterocycles. The van der Waals surface area contributed by atoms with Gasteiger partial charge in [-0.3, -0.25) is 9.11 Å². The van der Waals surface area contributed by atoms with Gasteiger partial charge in [-0.2, -0.15) is 16.8 Å². The SMILES string of the molecule is O=S(=O)(O)c1cc(N=[N+]([O-])c2cc(S(=O)(=O)O)c3ccccc3c2)cc2ccccc12.[Zn+2]. The van der Waals surface area contributed by atoms with Gasteiger partial charge >= 0.3 is 19.5 Å². The van der Waals surface area contributed by atoms with Crippen molar-refractivity contribution in [2.45, 2.75) is 9.79 Å². The van der Waals surface area contributed by atoms with Crippen LogP contribution < -0.4 is 0 Å². The Kier molecular flexibility index (Phi) is 6.46. The van der Waals surface area contributed by atoms with Crippen molar-refractivity contribution in [3.05, 3.63) is 78.0 Å². The number of benzene rings is 4. The summed E-state index contributed by atoms with van der Waals surface area (Å²) in [5.41, 5.74) is -0.282. The summed E-state index contributed by atoms with van der Waals surface area (Å²) in [7, 11) is -9.23. The van der Waals surface area contributed by atoms with Gasteiger partial charge in [-0.1, -0.05) is 53.4 Å².